The molecular weight excluding hydrogens is 356 g/mol. The van der Waals surface area contributed by atoms with Crippen molar-refractivity contribution in [3.63, 3.8) is 0 Å². The summed E-state index contributed by atoms with van der Waals surface area (Å²) >= 11 is 0. The van der Waals surface area contributed by atoms with Gasteiger partial charge >= 0.3 is 0 Å². The van der Waals surface area contributed by atoms with E-state index in [1.54, 1.807) is 36.4 Å². The Balaban J connectivity index is 1.65. The number of nitrogens with two attached hydrogens (primary N) is 1. The van der Waals surface area contributed by atoms with E-state index in [1.165, 1.54) is 18.2 Å². The van der Waals surface area contributed by atoms with Gasteiger partial charge in [-0.1, -0.05) is 24.3 Å². The fourth-order valence-corrected chi connectivity index (χ4v) is 2.98. The molecule has 0 bridgehead atoms. The zero-order chi connectivity index (χ0) is 18.7. The molecule has 0 aliphatic heterocycles. The van der Waals surface area contributed by atoms with Crippen LogP contribution in [0.4, 0.5) is 0 Å². The summed E-state index contributed by atoms with van der Waals surface area (Å²) in [6.07, 6.45) is 0.481. The van der Waals surface area contributed by atoms with Crippen molar-refractivity contribution in [2.24, 2.45) is 5.14 Å². The van der Waals surface area contributed by atoms with Crippen LogP contribution in [0.2, 0.25) is 0 Å². The number of benzene rings is 2. The Labute approximate surface area is 149 Å². The van der Waals surface area contributed by atoms with Crippen LogP contribution in [0.5, 0.6) is 0 Å². The van der Waals surface area contributed by atoms with E-state index in [1.807, 2.05) is 0 Å². The average Bonchev–Trinajstić information content (AvgIpc) is 2.61. The third-order valence-corrected chi connectivity index (χ3v) is 4.74. The van der Waals surface area contributed by atoms with E-state index >= 15 is 0 Å². The van der Waals surface area contributed by atoms with Crippen LogP contribution in [0.15, 0.2) is 68.7 Å². The van der Waals surface area contributed by atoms with Crippen molar-refractivity contribution < 1.29 is 17.6 Å². The van der Waals surface area contributed by atoms with E-state index in [0.29, 0.717) is 23.9 Å². The molecule has 0 fully saturated rings. The highest BCUT2D eigenvalue weighted by atomic mass is 32.2. The van der Waals surface area contributed by atoms with Crippen molar-refractivity contribution in [1.82, 2.24) is 5.32 Å². The first kappa shape index (κ1) is 17.8. The van der Waals surface area contributed by atoms with E-state index < -0.39 is 15.9 Å². The number of hydrogen-bond acceptors (Lipinski definition) is 5. The van der Waals surface area contributed by atoms with Gasteiger partial charge in [0.2, 0.25) is 10.0 Å². The van der Waals surface area contributed by atoms with Gasteiger partial charge in [-0.3, -0.25) is 9.59 Å². The van der Waals surface area contributed by atoms with E-state index in [-0.39, 0.29) is 16.1 Å². The van der Waals surface area contributed by atoms with Crippen molar-refractivity contribution in [3.8, 4) is 0 Å². The standard InChI is InChI=1S/C18H16N2O5S/c19-26(23,24)13-7-5-12(6-8-13)9-10-20-18(22)17-11-15(21)14-3-1-2-4-16(14)25-17/h1-8,11H,9-10H2,(H,20,22)(H2,19,23,24). The van der Waals surface area contributed by atoms with Crippen LogP contribution in [-0.4, -0.2) is 20.9 Å². The van der Waals surface area contributed by atoms with E-state index in [9.17, 15) is 18.0 Å². The zero-order valence-corrected chi connectivity index (χ0v) is 14.5. The zero-order valence-electron chi connectivity index (χ0n) is 13.6. The number of carbonyl (C=O) groups excluding carboxylic acids is 1. The van der Waals surface area contributed by atoms with Crippen LogP contribution in [0.3, 0.4) is 0 Å². The maximum absolute atomic E-state index is 12.2. The Morgan fingerprint density at radius 1 is 1.08 bits per heavy atom. The van der Waals surface area contributed by atoms with Gasteiger partial charge < -0.3 is 9.73 Å². The summed E-state index contributed by atoms with van der Waals surface area (Å²) < 4.78 is 27.9. The molecule has 8 heteroatoms. The normalized spacial score (nSPS) is 11.4. The molecule has 0 aliphatic rings. The number of para-hydroxylation sites is 1. The number of sulfonamides is 1. The van der Waals surface area contributed by atoms with Gasteiger partial charge in [0, 0.05) is 12.6 Å². The predicted octanol–water partition coefficient (Wildman–Crippen LogP) is 1.41. The Morgan fingerprint density at radius 3 is 2.46 bits per heavy atom. The van der Waals surface area contributed by atoms with Crippen molar-refractivity contribution >= 4 is 26.9 Å². The molecule has 2 aromatic carbocycles. The van der Waals surface area contributed by atoms with Crippen LogP contribution in [0, 0.1) is 0 Å². The third kappa shape index (κ3) is 3.98. The van der Waals surface area contributed by atoms with Crippen LogP contribution >= 0.6 is 0 Å². The fourth-order valence-electron chi connectivity index (χ4n) is 2.47. The molecule has 0 aliphatic carbocycles. The lowest BCUT2D eigenvalue weighted by Gasteiger charge is -2.06. The first-order valence-electron chi connectivity index (χ1n) is 7.77. The summed E-state index contributed by atoms with van der Waals surface area (Å²) in [7, 11) is -3.72. The molecule has 0 saturated carbocycles. The molecule has 1 amide bonds. The minimum absolute atomic E-state index is 0.0308. The lowest BCUT2D eigenvalue weighted by molar-refractivity contribution is 0.0927. The first-order valence-corrected chi connectivity index (χ1v) is 9.32. The highest BCUT2D eigenvalue weighted by molar-refractivity contribution is 7.89. The monoisotopic (exact) mass is 372 g/mol. The number of primary sulfonamides is 1. The highest BCUT2D eigenvalue weighted by Crippen LogP contribution is 2.12. The molecule has 0 atom stereocenters. The van der Waals surface area contributed by atoms with E-state index in [0.717, 1.165) is 5.56 Å². The molecule has 0 unspecified atom stereocenters. The molecular formula is C18H16N2O5S. The number of fused-ring (bicyclic) bond motifs is 1. The van der Waals surface area contributed by atoms with Gasteiger partial charge in [0.15, 0.2) is 11.2 Å². The first-order chi connectivity index (χ1) is 12.3. The molecule has 0 radical (unpaired) electrons. The number of amides is 1. The van der Waals surface area contributed by atoms with Gasteiger partial charge in [-0.2, -0.15) is 0 Å². The molecule has 7 nitrogen and oxygen atoms in total. The van der Waals surface area contributed by atoms with E-state index in [4.69, 9.17) is 9.56 Å². The minimum atomic E-state index is -3.72. The second-order valence-electron chi connectivity index (χ2n) is 5.67. The Bertz CT molecular complexity index is 1120. The average molecular weight is 372 g/mol. The van der Waals surface area contributed by atoms with Gasteiger partial charge in [0.05, 0.1) is 10.3 Å². The molecule has 1 aromatic heterocycles. The maximum Gasteiger partial charge on any atom is 0.287 e. The largest absolute Gasteiger partial charge is 0.451 e. The Hall–Kier alpha value is -2.97. The molecule has 1 heterocycles. The molecule has 3 aromatic rings. The Morgan fingerprint density at radius 2 is 1.77 bits per heavy atom. The second kappa shape index (κ2) is 7.11. The summed E-state index contributed by atoms with van der Waals surface area (Å²) in [6, 6.07) is 13.9. The van der Waals surface area contributed by atoms with Gasteiger partial charge in [-0.05, 0) is 36.2 Å². The summed E-state index contributed by atoms with van der Waals surface area (Å²) in [5.41, 5.74) is 0.900. The van der Waals surface area contributed by atoms with Crippen molar-refractivity contribution in [2.45, 2.75) is 11.3 Å². The van der Waals surface area contributed by atoms with Crippen molar-refractivity contribution in [1.29, 1.82) is 0 Å². The SMILES string of the molecule is NS(=O)(=O)c1ccc(CCNC(=O)c2cc(=O)c3ccccc3o2)cc1. The van der Waals surface area contributed by atoms with Crippen LogP contribution in [0.1, 0.15) is 16.1 Å². The minimum Gasteiger partial charge on any atom is -0.451 e. The molecule has 26 heavy (non-hydrogen) atoms. The third-order valence-electron chi connectivity index (χ3n) is 3.81. The lowest BCUT2D eigenvalue weighted by Crippen LogP contribution is -2.26. The maximum atomic E-state index is 12.2. The fraction of sp³-hybridized carbons (Fsp3) is 0.111. The molecule has 134 valence electrons. The quantitative estimate of drug-likeness (QED) is 0.702. The van der Waals surface area contributed by atoms with Crippen LogP contribution in [-0.2, 0) is 16.4 Å². The second-order valence-corrected chi connectivity index (χ2v) is 7.23. The number of carbonyl (C=O) groups is 1. The molecule has 0 saturated heterocycles. The van der Waals surface area contributed by atoms with Gasteiger partial charge in [0.1, 0.15) is 5.58 Å². The van der Waals surface area contributed by atoms with E-state index in [2.05, 4.69) is 5.32 Å². The molecule has 3 rings (SSSR count). The van der Waals surface area contributed by atoms with Crippen molar-refractivity contribution in [2.75, 3.05) is 6.54 Å². The molecule has 3 N–H and O–H groups in total. The van der Waals surface area contributed by atoms with Gasteiger partial charge in [-0.25, -0.2) is 13.6 Å². The van der Waals surface area contributed by atoms with Crippen LogP contribution in [0.25, 0.3) is 11.0 Å². The predicted molar refractivity (Wildman–Crippen MR) is 96.3 cm³/mol. The summed E-state index contributed by atoms with van der Waals surface area (Å²) in [5, 5.41) is 8.13. The smallest absolute Gasteiger partial charge is 0.287 e. The van der Waals surface area contributed by atoms with Crippen LogP contribution < -0.4 is 15.9 Å². The summed E-state index contributed by atoms with van der Waals surface area (Å²) in [4.78, 5) is 24.2. The van der Waals surface area contributed by atoms with Gasteiger partial charge in [-0.15, -0.1) is 0 Å². The molecule has 0 spiro atoms. The number of hydrogen-bond donors (Lipinski definition) is 2. The van der Waals surface area contributed by atoms with Crippen molar-refractivity contribution in [3.05, 3.63) is 76.1 Å². The summed E-state index contributed by atoms with van der Waals surface area (Å²) in [6.45, 7) is 0.296. The highest BCUT2D eigenvalue weighted by Gasteiger charge is 2.12. The number of nitrogens with one attached hydrogen (secondary N) is 1. The topological polar surface area (TPSA) is 119 Å². The lowest BCUT2D eigenvalue weighted by atomic mass is 10.1. The summed E-state index contributed by atoms with van der Waals surface area (Å²) in [5.74, 6) is -0.549. The Kier molecular flexibility index (Phi) is 4.88. The van der Waals surface area contributed by atoms with Gasteiger partial charge in [0.25, 0.3) is 5.91 Å². The number of rotatable bonds is 5.